The first-order valence-corrected chi connectivity index (χ1v) is 8.88. The lowest BCUT2D eigenvalue weighted by Gasteiger charge is -2.33. The van der Waals surface area contributed by atoms with E-state index in [4.69, 9.17) is 0 Å². The Balaban J connectivity index is 1.69. The van der Waals surface area contributed by atoms with Crippen LogP contribution in [-0.4, -0.2) is 45.7 Å². The highest BCUT2D eigenvalue weighted by Crippen LogP contribution is 2.32. The molecule has 7 heteroatoms. The Kier molecular flexibility index (Phi) is 4.21. The quantitative estimate of drug-likeness (QED) is 0.762. The van der Waals surface area contributed by atoms with Crippen LogP contribution in [0.1, 0.15) is 26.2 Å². The predicted octanol–water partition coefficient (Wildman–Crippen LogP) is 2.25. The minimum absolute atomic E-state index is 0.000842. The Hall–Kier alpha value is -2.70. The summed E-state index contributed by atoms with van der Waals surface area (Å²) in [6, 6.07) is 2.02. The summed E-state index contributed by atoms with van der Waals surface area (Å²) < 4.78 is 0. The van der Waals surface area contributed by atoms with Crippen molar-refractivity contribution in [1.82, 2.24) is 25.5 Å². The molecule has 0 radical (unpaired) electrons. The van der Waals surface area contributed by atoms with Crippen molar-refractivity contribution >= 4 is 33.5 Å². The number of nitrogens with one attached hydrogen (secondary N) is 2. The number of hydrogen-bond donors (Lipinski definition) is 2. The second-order valence-electron chi connectivity index (χ2n) is 6.57. The van der Waals surface area contributed by atoms with Gasteiger partial charge in [0.15, 0.2) is 5.82 Å². The van der Waals surface area contributed by atoms with E-state index >= 15 is 0 Å². The number of carbonyl (C=O) groups is 1. The molecule has 0 bridgehead atoms. The maximum absolute atomic E-state index is 12.4. The van der Waals surface area contributed by atoms with E-state index in [1.165, 1.54) is 0 Å². The molecule has 7 nitrogen and oxygen atoms in total. The Morgan fingerprint density at radius 1 is 1.44 bits per heavy atom. The average Bonchev–Trinajstić information content (AvgIpc) is 3.14. The molecule has 1 unspecified atom stereocenters. The van der Waals surface area contributed by atoms with E-state index in [2.05, 4.69) is 37.3 Å². The first-order chi connectivity index (χ1) is 12.3. The normalized spacial score (nSPS) is 18.0. The molecule has 1 atom stereocenters. The number of carbonyl (C=O) groups excluding carboxylic acids is 1. The molecule has 0 aromatic carbocycles. The lowest BCUT2D eigenvalue weighted by molar-refractivity contribution is -0.125. The molecule has 1 aliphatic rings. The van der Waals surface area contributed by atoms with Crippen LogP contribution >= 0.6 is 0 Å². The number of pyridine rings is 1. The summed E-state index contributed by atoms with van der Waals surface area (Å²) in [5.74, 6) is 0.992. The molecule has 1 fully saturated rings. The molecule has 130 valence electrons. The molecule has 4 rings (SSSR count). The van der Waals surface area contributed by atoms with Crippen molar-refractivity contribution in [2.45, 2.75) is 26.2 Å². The van der Waals surface area contributed by atoms with Gasteiger partial charge in [0.1, 0.15) is 5.65 Å². The largest absolute Gasteiger partial charge is 0.356 e. The number of rotatable bonds is 4. The molecule has 3 aromatic heterocycles. The van der Waals surface area contributed by atoms with Gasteiger partial charge in [-0.2, -0.15) is 5.10 Å². The zero-order valence-electron chi connectivity index (χ0n) is 14.3. The van der Waals surface area contributed by atoms with E-state index in [9.17, 15) is 4.79 Å². The van der Waals surface area contributed by atoms with Crippen molar-refractivity contribution in [1.29, 1.82) is 0 Å². The van der Waals surface area contributed by atoms with Gasteiger partial charge in [-0.25, -0.2) is 4.98 Å². The van der Waals surface area contributed by atoms with Gasteiger partial charge in [-0.1, -0.05) is 6.92 Å². The van der Waals surface area contributed by atoms with Crippen molar-refractivity contribution in [3.63, 3.8) is 0 Å². The molecule has 1 aliphatic heterocycles. The van der Waals surface area contributed by atoms with Crippen molar-refractivity contribution < 1.29 is 4.79 Å². The Bertz CT molecular complexity index is 905. The Morgan fingerprint density at radius 3 is 3.24 bits per heavy atom. The van der Waals surface area contributed by atoms with Crippen LogP contribution in [0.5, 0.6) is 0 Å². The molecule has 1 saturated heterocycles. The van der Waals surface area contributed by atoms with Gasteiger partial charge < -0.3 is 15.2 Å². The number of hydrogen-bond acceptors (Lipinski definition) is 5. The topological polar surface area (TPSA) is 86.8 Å². The number of fused-ring (bicyclic) bond motifs is 3. The summed E-state index contributed by atoms with van der Waals surface area (Å²) in [5.41, 5.74) is 0.844. The van der Waals surface area contributed by atoms with Crippen LogP contribution in [0.4, 0.5) is 5.82 Å². The smallest absolute Gasteiger partial charge is 0.224 e. The molecule has 0 aliphatic carbocycles. The molecule has 0 saturated carbocycles. The van der Waals surface area contributed by atoms with Crippen LogP contribution in [0.3, 0.4) is 0 Å². The number of aromatic amines is 1. The molecule has 25 heavy (non-hydrogen) atoms. The van der Waals surface area contributed by atoms with Gasteiger partial charge in [0.05, 0.1) is 12.1 Å². The standard InChI is InChI=1S/C18H22N6O/c1-2-6-20-18(25)12-4-3-8-24(11-12)17-15-13(10-22-23-17)9-21-16-14(15)5-7-19-16/h5,7,9-10,12H,2-4,6,8,11H2,1H3,(H,19,21)(H,20,25). The zero-order valence-corrected chi connectivity index (χ0v) is 14.3. The first kappa shape index (κ1) is 15.8. The second kappa shape index (κ2) is 6.66. The first-order valence-electron chi connectivity index (χ1n) is 8.88. The Morgan fingerprint density at radius 2 is 2.36 bits per heavy atom. The zero-order chi connectivity index (χ0) is 17.2. The summed E-state index contributed by atoms with van der Waals surface area (Å²) in [6.45, 7) is 4.37. The molecule has 1 amide bonds. The highest BCUT2D eigenvalue weighted by Gasteiger charge is 2.27. The summed E-state index contributed by atoms with van der Waals surface area (Å²) in [6.07, 6.45) is 8.30. The fourth-order valence-electron chi connectivity index (χ4n) is 3.56. The SMILES string of the molecule is CCCNC(=O)C1CCCN(c2nncc3cnc4[nH]ccc4c23)C1. The summed E-state index contributed by atoms with van der Waals surface area (Å²) in [7, 11) is 0. The van der Waals surface area contributed by atoms with Crippen molar-refractivity contribution in [2.75, 3.05) is 24.5 Å². The maximum atomic E-state index is 12.4. The van der Waals surface area contributed by atoms with Crippen LogP contribution in [0.25, 0.3) is 21.8 Å². The third-order valence-corrected chi connectivity index (χ3v) is 4.83. The average molecular weight is 338 g/mol. The fraction of sp³-hybridized carbons (Fsp3) is 0.444. The van der Waals surface area contributed by atoms with Crippen molar-refractivity contribution in [3.8, 4) is 0 Å². The monoisotopic (exact) mass is 338 g/mol. The van der Waals surface area contributed by atoms with E-state index in [0.29, 0.717) is 6.54 Å². The number of anilines is 1. The highest BCUT2D eigenvalue weighted by atomic mass is 16.1. The van der Waals surface area contributed by atoms with Gasteiger partial charge >= 0.3 is 0 Å². The molecular formula is C18H22N6O. The summed E-state index contributed by atoms with van der Waals surface area (Å²) in [5, 5.41) is 14.7. The van der Waals surface area contributed by atoms with E-state index in [0.717, 1.165) is 60.0 Å². The number of H-pyrrole nitrogens is 1. The van der Waals surface area contributed by atoms with Crippen LogP contribution in [0.2, 0.25) is 0 Å². The number of nitrogens with zero attached hydrogens (tertiary/aromatic N) is 4. The lowest BCUT2D eigenvalue weighted by Crippen LogP contribution is -2.43. The highest BCUT2D eigenvalue weighted by molar-refractivity contribution is 6.10. The molecule has 2 N–H and O–H groups in total. The van der Waals surface area contributed by atoms with Gasteiger partial charge in [-0.15, -0.1) is 5.10 Å². The van der Waals surface area contributed by atoms with Crippen LogP contribution in [-0.2, 0) is 4.79 Å². The molecular weight excluding hydrogens is 316 g/mol. The van der Waals surface area contributed by atoms with E-state index < -0.39 is 0 Å². The molecule has 4 heterocycles. The van der Waals surface area contributed by atoms with Gasteiger partial charge in [-0.05, 0) is 25.3 Å². The van der Waals surface area contributed by atoms with Crippen molar-refractivity contribution in [3.05, 3.63) is 24.7 Å². The number of aromatic nitrogens is 4. The van der Waals surface area contributed by atoms with Crippen molar-refractivity contribution in [2.24, 2.45) is 5.92 Å². The van der Waals surface area contributed by atoms with Crippen LogP contribution < -0.4 is 10.2 Å². The third-order valence-electron chi connectivity index (χ3n) is 4.83. The summed E-state index contributed by atoms with van der Waals surface area (Å²) in [4.78, 5) is 22.2. The van der Waals surface area contributed by atoms with Gasteiger partial charge in [-0.3, -0.25) is 4.79 Å². The van der Waals surface area contributed by atoms with E-state index in [-0.39, 0.29) is 11.8 Å². The van der Waals surface area contributed by atoms with Gasteiger partial charge in [0.2, 0.25) is 5.91 Å². The van der Waals surface area contributed by atoms with Crippen LogP contribution in [0.15, 0.2) is 24.7 Å². The van der Waals surface area contributed by atoms with Crippen LogP contribution in [0, 0.1) is 5.92 Å². The molecule has 3 aromatic rings. The Labute approximate surface area is 145 Å². The minimum Gasteiger partial charge on any atom is -0.356 e. The lowest BCUT2D eigenvalue weighted by atomic mass is 9.96. The molecule has 0 spiro atoms. The summed E-state index contributed by atoms with van der Waals surface area (Å²) >= 11 is 0. The van der Waals surface area contributed by atoms with Gasteiger partial charge in [0.25, 0.3) is 0 Å². The second-order valence-corrected chi connectivity index (χ2v) is 6.57. The fourth-order valence-corrected chi connectivity index (χ4v) is 3.56. The number of piperidine rings is 1. The maximum Gasteiger partial charge on any atom is 0.224 e. The van der Waals surface area contributed by atoms with E-state index in [1.807, 2.05) is 18.5 Å². The third kappa shape index (κ3) is 2.90. The number of amides is 1. The minimum atomic E-state index is 0.000842. The predicted molar refractivity (Wildman–Crippen MR) is 97.4 cm³/mol. The van der Waals surface area contributed by atoms with E-state index in [1.54, 1.807) is 6.20 Å². The van der Waals surface area contributed by atoms with Gasteiger partial charge in [0, 0.05) is 48.2 Å².